The highest BCUT2D eigenvalue weighted by molar-refractivity contribution is 6.30. The van der Waals surface area contributed by atoms with E-state index in [1.165, 1.54) is 5.56 Å². The smallest absolute Gasteiger partial charge is 0.167 e. The number of halogens is 1. The van der Waals surface area contributed by atoms with E-state index in [0.717, 1.165) is 23.0 Å². The molecule has 0 radical (unpaired) electrons. The Labute approximate surface area is 157 Å². The standard InChI is InChI=1S/C23H18ClNO/c24-20-12-10-18(11-13-20)23(26)14-19-16-25(15-17-6-2-1-3-7-17)22-9-5-4-8-21(19)22/h1-13,16H,14-15H2. The van der Waals surface area contributed by atoms with Crippen LogP contribution >= 0.6 is 11.6 Å². The van der Waals surface area contributed by atoms with E-state index in [4.69, 9.17) is 11.6 Å². The van der Waals surface area contributed by atoms with Gasteiger partial charge in [-0.1, -0.05) is 60.1 Å². The van der Waals surface area contributed by atoms with Crippen molar-refractivity contribution in [2.45, 2.75) is 13.0 Å². The van der Waals surface area contributed by atoms with Gasteiger partial charge in [-0.2, -0.15) is 0 Å². The van der Waals surface area contributed by atoms with Crippen molar-refractivity contribution >= 4 is 28.3 Å². The highest BCUT2D eigenvalue weighted by Gasteiger charge is 2.13. The fraction of sp³-hybridized carbons (Fsp3) is 0.0870. The molecule has 0 aliphatic carbocycles. The first kappa shape index (κ1) is 16.6. The first-order chi connectivity index (χ1) is 12.7. The minimum Gasteiger partial charge on any atom is -0.343 e. The van der Waals surface area contributed by atoms with Crippen molar-refractivity contribution in [3.8, 4) is 0 Å². The van der Waals surface area contributed by atoms with Gasteiger partial charge in [0.25, 0.3) is 0 Å². The second kappa shape index (κ2) is 7.19. The predicted octanol–water partition coefficient (Wildman–Crippen LogP) is 5.77. The Morgan fingerprint density at radius 3 is 2.31 bits per heavy atom. The Morgan fingerprint density at radius 1 is 0.846 bits per heavy atom. The fourth-order valence-electron chi connectivity index (χ4n) is 3.29. The van der Waals surface area contributed by atoms with Crippen LogP contribution in [0, 0.1) is 0 Å². The molecule has 0 fully saturated rings. The summed E-state index contributed by atoms with van der Waals surface area (Å²) in [6, 6.07) is 25.7. The van der Waals surface area contributed by atoms with Crippen LogP contribution in [0.1, 0.15) is 21.5 Å². The van der Waals surface area contributed by atoms with Crippen molar-refractivity contribution in [3.05, 3.63) is 107 Å². The normalized spacial score (nSPS) is 11.0. The van der Waals surface area contributed by atoms with E-state index in [9.17, 15) is 4.79 Å². The molecular weight excluding hydrogens is 342 g/mol. The summed E-state index contributed by atoms with van der Waals surface area (Å²) in [6.45, 7) is 0.788. The molecule has 1 aromatic heterocycles. The van der Waals surface area contributed by atoms with E-state index < -0.39 is 0 Å². The van der Waals surface area contributed by atoms with E-state index in [1.54, 1.807) is 24.3 Å². The van der Waals surface area contributed by atoms with E-state index in [-0.39, 0.29) is 5.78 Å². The van der Waals surface area contributed by atoms with Gasteiger partial charge in [0.05, 0.1) is 0 Å². The SMILES string of the molecule is O=C(Cc1cn(Cc2ccccc2)c2ccccc12)c1ccc(Cl)cc1. The summed E-state index contributed by atoms with van der Waals surface area (Å²) < 4.78 is 2.22. The van der Waals surface area contributed by atoms with Crippen molar-refractivity contribution < 1.29 is 4.79 Å². The summed E-state index contributed by atoms with van der Waals surface area (Å²) >= 11 is 5.92. The third-order valence-electron chi connectivity index (χ3n) is 4.58. The third-order valence-corrected chi connectivity index (χ3v) is 4.84. The Bertz CT molecular complexity index is 1050. The van der Waals surface area contributed by atoms with Crippen molar-refractivity contribution in [3.63, 3.8) is 0 Å². The van der Waals surface area contributed by atoms with Crippen LogP contribution in [-0.2, 0) is 13.0 Å². The van der Waals surface area contributed by atoms with Gasteiger partial charge >= 0.3 is 0 Å². The monoisotopic (exact) mass is 359 g/mol. The molecule has 0 bridgehead atoms. The molecule has 3 heteroatoms. The Morgan fingerprint density at radius 2 is 1.54 bits per heavy atom. The van der Waals surface area contributed by atoms with Crippen LogP contribution < -0.4 is 0 Å². The minimum atomic E-state index is 0.101. The number of para-hydroxylation sites is 1. The summed E-state index contributed by atoms with van der Waals surface area (Å²) in [5.41, 5.74) is 4.13. The Balaban J connectivity index is 1.67. The van der Waals surface area contributed by atoms with Gasteiger partial charge in [0.1, 0.15) is 0 Å². The first-order valence-electron chi connectivity index (χ1n) is 8.60. The number of carbonyl (C=O) groups excluding carboxylic acids is 1. The van der Waals surface area contributed by atoms with Crippen LogP contribution in [-0.4, -0.2) is 10.4 Å². The van der Waals surface area contributed by atoms with Crippen molar-refractivity contribution in [2.75, 3.05) is 0 Å². The summed E-state index contributed by atoms with van der Waals surface area (Å²) in [5, 5.41) is 1.77. The van der Waals surface area contributed by atoms with Crippen molar-refractivity contribution in [1.29, 1.82) is 0 Å². The molecule has 0 amide bonds. The number of hydrogen-bond acceptors (Lipinski definition) is 1. The van der Waals surface area contributed by atoms with Crippen molar-refractivity contribution in [1.82, 2.24) is 4.57 Å². The highest BCUT2D eigenvalue weighted by Crippen LogP contribution is 2.24. The van der Waals surface area contributed by atoms with E-state index >= 15 is 0 Å². The zero-order chi connectivity index (χ0) is 17.9. The predicted molar refractivity (Wildman–Crippen MR) is 107 cm³/mol. The van der Waals surface area contributed by atoms with Crippen LogP contribution in [0.3, 0.4) is 0 Å². The van der Waals surface area contributed by atoms with Crippen LogP contribution in [0.15, 0.2) is 85.1 Å². The van der Waals surface area contributed by atoms with Crippen LogP contribution in [0.4, 0.5) is 0 Å². The lowest BCUT2D eigenvalue weighted by atomic mass is 10.0. The largest absolute Gasteiger partial charge is 0.343 e. The molecule has 0 saturated heterocycles. The molecular formula is C23H18ClNO. The molecule has 26 heavy (non-hydrogen) atoms. The number of fused-ring (bicyclic) bond motifs is 1. The molecule has 0 atom stereocenters. The van der Waals surface area contributed by atoms with E-state index in [0.29, 0.717) is 17.0 Å². The van der Waals surface area contributed by atoms with Gasteiger partial charge < -0.3 is 4.57 Å². The number of hydrogen-bond donors (Lipinski definition) is 0. The summed E-state index contributed by atoms with van der Waals surface area (Å²) in [5.74, 6) is 0.101. The molecule has 0 aliphatic heterocycles. The van der Waals surface area contributed by atoms with Gasteiger partial charge in [-0.3, -0.25) is 4.79 Å². The topological polar surface area (TPSA) is 22.0 Å². The maximum atomic E-state index is 12.7. The van der Waals surface area contributed by atoms with Gasteiger partial charge in [-0.25, -0.2) is 0 Å². The molecule has 4 aromatic rings. The van der Waals surface area contributed by atoms with Gasteiger partial charge in [-0.05, 0) is 41.5 Å². The number of rotatable bonds is 5. The van der Waals surface area contributed by atoms with Gasteiger partial charge in [0, 0.05) is 40.7 Å². The van der Waals surface area contributed by atoms with E-state index in [1.807, 2.05) is 30.3 Å². The maximum absolute atomic E-state index is 12.7. The average molecular weight is 360 g/mol. The second-order valence-electron chi connectivity index (χ2n) is 6.39. The molecule has 0 saturated carbocycles. The molecule has 3 aromatic carbocycles. The molecule has 0 unspecified atom stereocenters. The second-order valence-corrected chi connectivity index (χ2v) is 6.83. The number of nitrogens with zero attached hydrogens (tertiary/aromatic N) is 1. The third kappa shape index (κ3) is 3.42. The summed E-state index contributed by atoms with van der Waals surface area (Å²) in [4.78, 5) is 12.7. The quantitative estimate of drug-likeness (QED) is 0.415. The van der Waals surface area contributed by atoms with Gasteiger partial charge in [0.15, 0.2) is 5.78 Å². The number of aromatic nitrogens is 1. The lowest BCUT2D eigenvalue weighted by Gasteiger charge is -2.05. The lowest BCUT2D eigenvalue weighted by molar-refractivity contribution is 0.0993. The number of carbonyl (C=O) groups is 1. The Hall–Kier alpha value is -2.84. The van der Waals surface area contributed by atoms with E-state index in [2.05, 4.69) is 35.0 Å². The average Bonchev–Trinajstić information content (AvgIpc) is 3.01. The van der Waals surface area contributed by atoms with Crippen LogP contribution in [0.25, 0.3) is 10.9 Å². The van der Waals surface area contributed by atoms with Crippen LogP contribution in [0.2, 0.25) is 5.02 Å². The molecule has 0 spiro atoms. The number of benzene rings is 3. The highest BCUT2D eigenvalue weighted by atomic mass is 35.5. The molecule has 4 rings (SSSR count). The molecule has 1 heterocycles. The zero-order valence-corrected chi connectivity index (χ0v) is 15.0. The minimum absolute atomic E-state index is 0.101. The molecule has 128 valence electrons. The number of ketones is 1. The maximum Gasteiger partial charge on any atom is 0.167 e. The van der Waals surface area contributed by atoms with Crippen LogP contribution in [0.5, 0.6) is 0 Å². The summed E-state index contributed by atoms with van der Waals surface area (Å²) in [6.07, 6.45) is 2.48. The molecule has 0 aliphatic rings. The lowest BCUT2D eigenvalue weighted by Crippen LogP contribution is -2.03. The zero-order valence-electron chi connectivity index (χ0n) is 14.2. The first-order valence-corrected chi connectivity index (χ1v) is 8.98. The Kier molecular flexibility index (Phi) is 4.59. The fourth-order valence-corrected chi connectivity index (χ4v) is 3.41. The van der Waals surface area contributed by atoms with Crippen molar-refractivity contribution in [2.24, 2.45) is 0 Å². The molecule has 2 nitrogen and oxygen atoms in total. The summed E-state index contributed by atoms with van der Waals surface area (Å²) in [7, 11) is 0. The molecule has 0 N–H and O–H groups in total. The number of Topliss-reactive ketones (excluding diaryl/α,β-unsaturated/α-hetero) is 1. The van der Waals surface area contributed by atoms with Gasteiger partial charge in [-0.15, -0.1) is 0 Å². The van der Waals surface area contributed by atoms with Gasteiger partial charge in [0.2, 0.25) is 0 Å².